The average molecular weight is 332 g/mol. The number of carbonyl (C=O) groups is 2. The van der Waals surface area contributed by atoms with Crippen LogP contribution in [0.25, 0.3) is 0 Å². The Morgan fingerprint density at radius 3 is 1.95 bits per heavy atom. The lowest BCUT2D eigenvalue weighted by atomic mass is 10.4. The Kier molecular flexibility index (Phi) is 11.5. The Bertz CT molecular complexity index is 357. The summed E-state index contributed by atoms with van der Waals surface area (Å²) in [6.07, 6.45) is 0. The minimum Gasteiger partial charge on any atom is -0.460 e. The summed E-state index contributed by atoms with van der Waals surface area (Å²) in [7, 11) is 0. The second-order valence-corrected chi connectivity index (χ2v) is 5.87. The van der Waals surface area contributed by atoms with Gasteiger partial charge in [-0.1, -0.05) is 13.2 Å². The van der Waals surface area contributed by atoms with E-state index in [-0.39, 0.29) is 18.5 Å². The molecule has 0 aromatic rings. The first-order chi connectivity index (χ1) is 10.3. The monoisotopic (exact) mass is 332 g/mol. The summed E-state index contributed by atoms with van der Waals surface area (Å²) in [5.74, 6) is -0.840. The molecular formula is C15H24O6S. The van der Waals surface area contributed by atoms with Crippen molar-refractivity contribution in [2.45, 2.75) is 26.0 Å². The van der Waals surface area contributed by atoms with E-state index in [4.69, 9.17) is 18.4 Å². The van der Waals surface area contributed by atoms with Gasteiger partial charge in [0.2, 0.25) is 0 Å². The molecule has 0 aliphatic rings. The van der Waals surface area contributed by atoms with Gasteiger partial charge in [-0.25, -0.2) is 9.59 Å². The Balaban J connectivity index is 3.45. The Morgan fingerprint density at radius 1 is 0.955 bits per heavy atom. The maximum Gasteiger partial charge on any atom is 0.333 e. The van der Waals surface area contributed by atoms with Crippen molar-refractivity contribution >= 4 is 24.0 Å². The van der Waals surface area contributed by atoms with Crippen LogP contribution >= 0.6 is 12.0 Å². The second-order valence-electron chi connectivity index (χ2n) is 4.64. The predicted octanol–water partition coefficient (Wildman–Crippen LogP) is 2.29. The smallest absolute Gasteiger partial charge is 0.333 e. The molecule has 0 fully saturated rings. The number of rotatable bonds is 12. The molecule has 0 aliphatic carbocycles. The zero-order valence-corrected chi connectivity index (χ0v) is 14.2. The molecule has 0 aromatic heterocycles. The SMILES string of the molecule is C=C(C)C(=O)OCCOCC(C)SOCCOC(=O)C(=C)C. The largest absolute Gasteiger partial charge is 0.460 e. The lowest BCUT2D eigenvalue weighted by molar-refractivity contribution is -0.140. The van der Waals surface area contributed by atoms with Gasteiger partial charge in [-0.15, -0.1) is 0 Å². The third-order valence-electron chi connectivity index (χ3n) is 2.14. The topological polar surface area (TPSA) is 71.1 Å². The van der Waals surface area contributed by atoms with Gasteiger partial charge in [-0.2, -0.15) is 0 Å². The Morgan fingerprint density at radius 2 is 1.45 bits per heavy atom. The van der Waals surface area contributed by atoms with Gasteiger partial charge in [0, 0.05) is 11.1 Å². The molecule has 22 heavy (non-hydrogen) atoms. The van der Waals surface area contributed by atoms with Gasteiger partial charge < -0.3 is 18.4 Å². The number of hydrogen-bond donors (Lipinski definition) is 0. The van der Waals surface area contributed by atoms with Crippen LogP contribution in [0.4, 0.5) is 0 Å². The quantitative estimate of drug-likeness (QED) is 0.235. The molecule has 1 unspecified atom stereocenters. The average Bonchev–Trinajstić information content (AvgIpc) is 2.45. The van der Waals surface area contributed by atoms with E-state index in [9.17, 15) is 9.59 Å². The first-order valence-electron chi connectivity index (χ1n) is 6.85. The van der Waals surface area contributed by atoms with Crippen molar-refractivity contribution in [3.63, 3.8) is 0 Å². The van der Waals surface area contributed by atoms with Crippen molar-refractivity contribution in [1.29, 1.82) is 0 Å². The summed E-state index contributed by atoms with van der Waals surface area (Å²) < 4.78 is 20.4. The van der Waals surface area contributed by atoms with Crippen LogP contribution < -0.4 is 0 Å². The van der Waals surface area contributed by atoms with E-state index < -0.39 is 11.9 Å². The lowest BCUT2D eigenvalue weighted by Crippen LogP contribution is -2.15. The summed E-state index contributed by atoms with van der Waals surface area (Å²) in [6.45, 7) is 13.5. The number of ether oxygens (including phenoxy) is 3. The van der Waals surface area contributed by atoms with Crippen molar-refractivity contribution in [2.75, 3.05) is 33.0 Å². The predicted molar refractivity (Wildman–Crippen MR) is 85.4 cm³/mol. The molecule has 1 atom stereocenters. The van der Waals surface area contributed by atoms with Crippen molar-refractivity contribution in [3.05, 3.63) is 24.3 Å². The van der Waals surface area contributed by atoms with E-state index in [1.54, 1.807) is 13.8 Å². The first-order valence-corrected chi connectivity index (χ1v) is 7.66. The summed E-state index contributed by atoms with van der Waals surface area (Å²) in [6, 6.07) is 0. The standard InChI is InChI=1S/C15H24O6S/c1-11(2)14(16)19-7-6-18-10-13(5)22-21-9-8-20-15(17)12(3)4/h13H,1,3,6-10H2,2,4-5H3. The fourth-order valence-corrected chi connectivity index (χ4v) is 1.60. The third-order valence-corrected chi connectivity index (χ3v) is 2.91. The van der Waals surface area contributed by atoms with Crippen LogP contribution in [0.15, 0.2) is 24.3 Å². The van der Waals surface area contributed by atoms with Gasteiger partial charge in [0.15, 0.2) is 0 Å². The van der Waals surface area contributed by atoms with Crippen LogP contribution in [0.1, 0.15) is 20.8 Å². The van der Waals surface area contributed by atoms with Crippen LogP contribution in [0, 0.1) is 0 Å². The fourth-order valence-electron chi connectivity index (χ4n) is 1.05. The zero-order chi connectivity index (χ0) is 17.0. The van der Waals surface area contributed by atoms with Gasteiger partial charge in [0.25, 0.3) is 0 Å². The van der Waals surface area contributed by atoms with E-state index in [0.29, 0.717) is 31.0 Å². The van der Waals surface area contributed by atoms with Crippen LogP contribution in [0.2, 0.25) is 0 Å². The van der Waals surface area contributed by atoms with Gasteiger partial charge in [-0.3, -0.25) is 0 Å². The maximum absolute atomic E-state index is 11.1. The van der Waals surface area contributed by atoms with E-state index in [1.165, 1.54) is 12.0 Å². The first kappa shape index (κ1) is 20.7. The summed E-state index contributed by atoms with van der Waals surface area (Å²) in [5, 5.41) is 0.105. The van der Waals surface area contributed by atoms with E-state index in [1.807, 2.05) is 6.92 Å². The molecule has 0 N–H and O–H groups in total. The highest BCUT2D eigenvalue weighted by molar-refractivity contribution is 7.95. The molecule has 0 radical (unpaired) electrons. The Labute approximate surface area is 136 Å². The molecular weight excluding hydrogens is 308 g/mol. The molecule has 0 saturated carbocycles. The summed E-state index contributed by atoms with van der Waals surface area (Å²) >= 11 is 1.25. The van der Waals surface area contributed by atoms with Crippen molar-refractivity contribution < 1.29 is 28.0 Å². The normalized spacial score (nSPS) is 11.6. The van der Waals surface area contributed by atoms with Crippen LogP contribution in [-0.2, 0) is 28.0 Å². The zero-order valence-electron chi connectivity index (χ0n) is 13.4. The van der Waals surface area contributed by atoms with E-state index in [2.05, 4.69) is 13.2 Å². The molecule has 0 spiro atoms. The second kappa shape index (κ2) is 12.3. The lowest BCUT2D eigenvalue weighted by Gasteiger charge is -2.12. The van der Waals surface area contributed by atoms with Crippen LogP contribution in [0.5, 0.6) is 0 Å². The fraction of sp³-hybridized carbons (Fsp3) is 0.600. The van der Waals surface area contributed by atoms with Gasteiger partial charge >= 0.3 is 11.9 Å². The number of carbonyl (C=O) groups excluding carboxylic acids is 2. The highest BCUT2D eigenvalue weighted by Crippen LogP contribution is 2.11. The van der Waals surface area contributed by atoms with Gasteiger partial charge in [0.05, 0.1) is 25.1 Å². The van der Waals surface area contributed by atoms with Crippen molar-refractivity contribution in [1.82, 2.24) is 0 Å². The van der Waals surface area contributed by atoms with Crippen molar-refractivity contribution in [2.24, 2.45) is 0 Å². The minimum atomic E-state index is -0.422. The van der Waals surface area contributed by atoms with Gasteiger partial charge in [0.1, 0.15) is 13.2 Å². The highest BCUT2D eigenvalue weighted by atomic mass is 32.2. The summed E-state index contributed by atoms with van der Waals surface area (Å²) in [5.41, 5.74) is 0.728. The molecule has 0 aliphatic heterocycles. The number of esters is 2. The highest BCUT2D eigenvalue weighted by Gasteiger charge is 2.07. The molecule has 126 valence electrons. The molecule has 0 aromatic carbocycles. The van der Waals surface area contributed by atoms with E-state index >= 15 is 0 Å². The van der Waals surface area contributed by atoms with Gasteiger partial charge in [-0.05, 0) is 32.8 Å². The Hall–Kier alpha value is -1.31. The molecule has 0 rings (SSSR count). The van der Waals surface area contributed by atoms with Crippen LogP contribution in [0.3, 0.4) is 0 Å². The van der Waals surface area contributed by atoms with Crippen molar-refractivity contribution in [3.8, 4) is 0 Å². The molecule has 0 heterocycles. The molecule has 7 heteroatoms. The third kappa shape index (κ3) is 11.4. The summed E-state index contributed by atoms with van der Waals surface area (Å²) in [4.78, 5) is 22.2. The van der Waals surface area contributed by atoms with E-state index in [0.717, 1.165) is 0 Å². The minimum absolute atomic E-state index is 0.105. The maximum atomic E-state index is 11.1. The molecule has 0 bridgehead atoms. The molecule has 6 nitrogen and oxygen atoms in total. The molecule has 0 amide bonds. The molecule has 0 saturated heterocycles. The number of hydrogen-bond acceptors (Lipinski definition) is 7. The van der Waals surface area contributed by atoms with Crippen LogP contribution in [-0.4, -0.2) is 50.2 Å².